The highest BCUT2D eigenvalue weighted by Gasteiger charge is 2.50. The summed E-state index contributed by atoms with van der Waals surface area (Å²) in [7, 11) is 0. The monoisotopic (exact) mass is 824 g/mol. The molecule has 0 aliphatic carbocycles. The van der Waals surface area contributed by atoms with Gasteiger partial charge in [-0.3, -0.25) is 34.1 Å². The molecule has 2 aromatic rings. The van der Waals surface area contributed by atoms with E-state index in [0.717, 1.165) is 5.39 Å². The lowest BCUT2D eigenvalue weighted by Gasteiger charge is -2.37. The highest BCUT2D eigenvalue weighted by Crippen LogP contribution is 2.34. The van der Waals surface area contributed by atoms with Crippen LogP contribution in [0, 0.1) is 5.92 Å². The molecule has 55 heavy (non-hydrogen) atoms. The maximum atomic E-state index is 14.5. The number of carbonyl (C=O) groups is 5. The van der Waals surface area contributed by atoms with Crippen LogP contribution in [0.1, 0.15) is 91.5 Å². The molecule has 17 heteroatoms. The minimum Gasteiger partial charge on any atom is -0.460 e. The first-order valence-corrected chi connectivity index (χ1v) is 19.4. The van der Waals surface area contributed by atoms with Gasteiger partial charge >= 0.3 is 12.1 Å². The number of fused-ring (bicyclic) bond motifs is 1. The number of amides is 4. The number of nitrogens with one attached hydrogen (secondary N) is 3. The van der Waals surface area contributed by atoms with E-state index in [2.05, 4.69) is 21.0 Å². The van der Waals surface area contributed by atoms with E-state index >= 15 is 0 Å². The van der Waals surface area contributed by atoms with Crippen LogP contribution >= 0.6 is 34.8 Å². The molecule has 0 bridgehead atoms. The Balaban J connectivity index is 1.55. The number of likely N-dealkylation sites (tertiary alicyclic amines) is 1. The number of halogens is 3. The summed E-state index contributed by atoms with van der Waals surface area (Å²) in [6, 6.07) is 6.16. The molecular formula is C38H51Cl3N6O8. The van der Waals surface area contributed by atoms with Gasteiger partial charge in [-0.1, -0.05) is 72.9 Å². The number of hydrogen-bond donors (Lipinski definition) is 4. The molecule has 2 fully saturated rings. The van der Waals surface area contributed by atoms with E-state index in [1.165, 1.54) is 16.8 Å². The zero-order chi connectivity index (χ0) is 40.9. The SMILES string of the molecule is CC(NC(=O)C(NC(=O)C1(C=Cc2ccc3ccc(C(C)O)nc3c2)CCCN1C(=O)OC(C)(C)C)C(C)C)C(=O)N1CCCC(C(=O)OCC(Cl)(Cl)Cl)N1. The highest BCUT2D eigenvalue weighted by molar-refractivity contribution is 6.67. The van der Waals surface area contributed by atoms with Crippen molar-refractivity contribution in [3.05, 3.63) is 47.7 Å². The number of nitrogens with zero attached hydrogens (tertiary/aromatic N) is 3. The van der Waals surface area contributed by atoms with Crippen LogP contribution in [-0.2, 0) is 28.7 Å². The highest BCUT2D eigenvalue weighted by atomic mass is 35.6. The first-order chi connectivity index (χ1) is 25.6. The summed E-state index contributed by atoms with van der Waals surface area (Å²) < 4.78 is 9.00. The number of aromatic nitrogens is 1. The van der Waals surface area contributed by atoms with Gasteiger partial charge in [0.05, 0.1) is 17.3 Å². The summed E-state index contributed by atoms with van der Waals surface area (Å²) in [5.74, 6) is -2.85. The number of hydrazine groups is 1. The van der Waals surface area contributed by atoms with E-state index in [1.807, 2.05) is 24.3 Å². The molecule has 0 saturated carbocycles. The predicted molar refractivity (Wildman–Crippen MR) is 210 cm³/mol. The van der Waals surface area contributed by atoms with E-state index in [1.54, 1.807) is 59.8 Å². The smallest absolute Gasteiger partial charge is 0.411 e. The van der Waals surface area contributed by atoms with Crippen molar-refractivity contribution >= 4 is 81.6 Å². The molecule has 4 N–H and O–H groups in total. The summed E-state index contributed by atoms with van der Waals surface area (Å²) in [5.41, 5.74) is 2.32. The van der Waals surface area contributed by atoms with Crippen LogP contribution in [0.5, 0.6) is 0 Å². The van der Waals surface area contributed by atoms with E-state index in [0.29, 0.717) is 36.0 Å². The molecule has 1 aromatic heterocycles. The largest absolute Gasteiger partial charge is 0.460 e. The fraction of sp³-hybridized carbons (Fsp3) is 0.579. The third-order valence-corrected chi connectivity index (χ3v) is 9.55. The average molecular weight is 826 g/mol. The van der Waals surface area contributed by atoms with Gasteiger partial charge in [0, 0.05) is 18.5 Å². The molecule has 4 amide bonds. The number of benzene rings is 1. The van der Waals surface area contributed by atoms with Crippen molar-refractivity contribution in [1.82, 2.24) is 31.0 Å². The molecule has 0 spiro atoms. The van der Waals surface area contributed by atoms with E-state index in [-0.39, 0.29) is 19.5 Å². The fourth-order valence-electron chi connectivity index (χ4n) is 6.39. The third-order valence-electron chi connectivity index (χ3n) is 9.23. The van der Waals surface area contributed by atoms with Crippen LogP contribution in [0.15, 0.2) is 36.4 Å². The zero-order valence-electron chi connectivity index (χ0n) is 32.2. The molecule has 5 unspecified atom stereocenters. The molecule has 1 aromatic carbocycles. The number of hydrogen-bond acceptors (Lipinski definition) is 10. The van der Waals surface area contributed by atoms with Gasteiger partial charge in [-0.15, -0.1) is 0 Å². The Hall–Kier alpha value is -3.69. The lowest BCUT2D eigenvalue weighted by molar-refractivity contribution is -0.152. The lowest BCUT2D eigenvalue weighted by Crippen LogP contribution is -2.63. The van der Waals surface area contributed by atoms with Gasteiger partial charge in [-0.2, -0.15) is 0 Å². The summed E-state index contributed by atoms with van der Waals surface area (Å²) >= 11 is 17.1. The van der Waals surface area contributed by atoms with Crippen LogP contribution in [0.25, 0.3) is 17.0 Å². The topological polar surface area (TPSA) is 180 Å². The van der Waals surface area contributed by atoms with E-state index < -0.39 is 81.5 Å². The van der Waals surface area contributed by atoms with Gasteiger partial charge in [-0.25, -0.2) is 10.2 Å². The van der Waals surface area contributed by atoms with Crippen molar-refractivity contribution in [1.29, 1.82) is 0 Å². The number of alkyl halides is 3. The molecular weight excluding hydrogens is 775 g/mol. The van der Waals surface area contributed by atoms with Crippen molar-refractivity contribution in [2.45, 2.75) is 113 Å². The standard InChI is InChI=1S/C38H51Cl3N6O8/c1-22(2)30(31(49)42-23(3)32(50)47-19-8-10-28(45-47)33(51)54-21-38(39,40)41)44-34(52)37(16-9-18-46(37)35(53)55-36(5,6)7)17-15-25-11-12-26-13-14-27(24(4)48)43-29(26)20-25/h11-15,17,20,22-24,28,30,45,48H,8-10,16,18-19,21H2,1-7H3,(H,42,49)(H,44,52). The van der Waals surface area contributed by atoms with Crippen LogP contribution in [0.3, 0.4) is 0 Å². The van der Waals surface area contributed by atoms with Crippen molar-refractivity contribution < 1.29 is 38.6 Å². The van der Waals surface area contributed by atoms with Gasteiger partial charge in [-0.05, 0) is 90.0 Å². The second kappa shape index (κ2) is 18.1. The third kappa shape index (κ3) is 11.7. The van der Waals surface area contributed by atoms with Gasteiger partial charge in [0.1, 0.15) is 35.9 Å². The molecule has 0 radical (unpaired) electrons. The van der Waals surface area contributed by atoms with Gasteiger partial charge in [0.2, 0.25) is 9.70 Å². The maximum absolute atomic E-state index is 14.5. The Morgan fingerprint density at radius 2 is 1.73 bits per heavy atom. The zero-order valence-corrected chi connectivity index (χ0v) is 34.4. The molecule has 4 rings (SSSR count). The first-order valence-electron chi connectivity index (χ1n) is 18.3. The Morgan fingerprint density at radius 3 is 2.36 bits per heavy atom. The van der Waals surface area contributed by atoms with Crippen molar-refractivity contribution in [2.75, 3.05) is 19.7 Å². The van der Waals surface area contributed by atoms with Crippen LogP contribution in [-0.4, -0.2) is 103 Å². The minimum absolute atomic E-state index is 0.232. The van der Waals surface area contributed by atoms with Crippen molar-refractivity contribution in [3.63, 3.8) is 0 Å². The summed E-state index contributed by atoms with van der Waals surface area (Å²) in [6.07, 6.45) is 3.53. The number of esters is 1. The number of aliphatic hydroxyl groups is 1. The molecule has 2 aliphatic heterocycles. The number of ether oxygens (including phenoxy) is 2. The van der Waals surface area contributed by atoms with Gasteiger partial charge in [0.25, 0.3) is 11.8 Å². The lowest BCUT2D eigenvalue weighted by atomic mass is 9.91. The summed E-state index contributed by atoms with van der Waals surface area (Å²) in [6.45, 7) is 11.9. The fourth-order valence-corrected chi connectivity index (χ4v) is 6.55. The Bertz CT molecular complexity index is 1780. The average Bonchev–Trinajstić information content (AvgIpc) is 3.55. The van der Waals surface area contributed by atoms with Crippen molar-refractivity contribution in [3.8, 4) is 0 Å². The van der Waals surface area contributed by atoms with Gasteiger partial charge in [0.15, 0.2) is 0 Å². The Kier molecular flexibility index (Phi) is 14.5. The van der Waals surface area contributed by atoms with Crippen molar-refractivity contribution in [2.24, 2.45) is 5.92 Å². The number of pyridine rings is 1. The molecule has 5 atom stereocenters. The normalized spacial score (nSPS) is 21.0. The minimum atomic E-state index is -1.79. The van der Waals surface area contributed by atoms with Gasteiger partial charge < -0.3 is 25.2 Å². The summed E-state index contributed by atoms with van der Waals surface area (Å²) in [4.78, 5) is 73.9. The molecule has 14 nitrogen and oxygen atoms in total. The van der Waals surface area contributed by atoms with Crippen LogP contribution in [0.4, 0.5) is 4.79 Å². The van der Waals surface area contributed by atoms with E-state index in [9.17, 15) is 29.1 Å². The predicted octanol–water partition coefficient (Wildman–Crippen LogP) is 5.13. The second-order valence-electron chi connectivity index (χ2n) is 15.3. The Morgan fingerprint density at radius 1 is 1.04 bits per heavy atom. The number of rotatable bonds is 11. The quantitative estimate of drug-likeness (QED) is 0.176. The summed E-state index contributed by atoms with van der Waals surface area (Å²) in [5, 5.41) is 17.7. The molecule has 2 aliphatic rings. The molecule has 3 heterocycles. The number of carbonyl (C=O) groups excluding carboxylic acids is 5. The Labute approximate surface area is 336 Å². The molecule has 2 saturated heterocycles. The molecule has 302 valence electrons. The second-order valence-corrected chi connectivity index (χ2v) is 17.8. The van der Waals surface area contributed by atoms with E-state index in [4.69, 9.17) is 44.3 Å². The first kappa shape index (κ1) is 44.0. The maximum Gasteiger partial charge on any atom is 0.411 e. The number of aliphatic hydroxyl groups excluding tert-OH is 1. The van der Waals surface area contributed by atoms with Crippen LogP contribution in [0.2, 0.25) is 0 Å². The van der Waals surface area contributed by atoms with Crippen LogP contribution < -0.4 is 16.1 Å².